The predicted molar refractivity (Wildman–Crippen MR) is 69.0 cm³/mol. The first-order valence-corrected chi connectivity index (χ1v) is 7.16. The molecule has 0 aliphatic carbocycles. The van der Waals surface area contributed by atoms with Crippen molar-refractivity contribution in [3.63, 3.8) is 0 Å². The van der Waals surface area contributed by atoms with Gasteiger partial charge in [0.1, 0.15) is 0 Å². The second-order valence-electron chi connectivity index (χ2n) is 3.12. The van der Waals surface area contributed by atoms with Crippen LogP contribution in [0.5, 0.6) is 0 Å². The third-order valence-corrected chi connectivity index (χ3v) is 4.23. The smallest absolute Gasteiger partial charge is 0.232 e. The lowest BCUT2D eigenvalue weighted by Gasteiger charge is -2.08. The summed E-state index contributed by atoms with van der Waals surface area (Å²) < 4.78 is 0.800. The monoisotopic (exact) mass is 263 g/mol. The lowest BCUT2D eigenvalue weighted by atomic mass is 10.3. The lowest BCUT2D eigenvalue weighted by Crippen LogP contribution is -2.32. The van der Waals surface area contributed by atoms with Crippen LogP contribution in [0.4, 0.5) is 0 Å². The minimum Gasteiger partial charge on any atom is -0.355 e. The zero-order valence-electron chi connectivity index (χ0n) is 8.75. The van der Waals surface area contributed by atoms with E-state index < -0.39 is 0 Å². The molecule has 1 aromatic heterocycles. The Morgan fingerprint density at radius 2 is 2.40 bits per heavy atom. The number of rotatable bonds is 5. The van der Waals surface area contributed by atoms with E-state index in [1.54, 1.807) is 23.1 Å². The first-order chi connectivity index (χ1) is 7.13. The van der Waals surface area contributed by atoms with Crippen molar-refractivity contribution < 1.29 is 4.79 Å². The highest BCUT2D eigenvalue weighted by molar-refractivity contribution is 7.99. The normalized spacial score (nSPS) is 12.5. The average molecular weight is 264 g/mol. The number of thioether (sulfide) groups is 1. The molecule has 1 aromatic rings. The fourth-order valence-corrected chi connectivity index (χ4v) is 2.43. The first kappa shape index (κ1) is 12.9. The van der Waals surface area contributed by atoms with Crippen molar-refractivity contribution in [3.05, 3.63) is 21.3 Å². The van der Waals surface area contributed by atoms with Gasteiger partial charge in [0.2, 0.25) is 5.91 Å². The first-order valence-electron chi connectivity index (χ1n) is 4.68. The molecule has 2 nitrogen and oxygen atoms in total. The molecule has 1 heterocycles. The van der Waals surface area contributed by atoms with Crippen molar-refractivity contribution in [2.24, 2.45) is 0 Å². The largest absolute Gasteiger partial charge is 0.355 e. The molecule has 5 heteroatoms. The van der Waals surface area contributed by atoms with E-state index in [0.29, 0.717) is 6.54 Å². The van der Waals surface area contributed by atoms with Crippen LogP contribution < -0.4 is 5.32 Å². The van der Waals surface area contributed by atoms with Crippen molar-refractivity contribution in [1.29, 1.82) is 0 Å². The molecule has 0 aliphatic rings. The lowest BCUT2D eigenvalue weighted by molar-refractivity contribution is -0.120. The quantitative estimate of drug-likeness (QED) is 0.885. The van der Waals surface area contributed by atoms with Crippen LogP contribution in [-0.2, 0) is 11.2 Å². The van der Waals surface area contributed by atoms with Crippen LogP contribution in [0.2, 0.25) is 4.34 Å². The third-order valence-electron chi connectivity index (χ3n) is 2.02. The van der Waals surface area contributed by atoms with E-state index in [2.05, 4.69) is 5.32 Å². The van der Waals surface area contributed by atoms with Gasteiger partial charge in [-0.05, 0) is 31.7 Å². The second-order valence-corrected chi connectivity index (χ2v) is 6.10. The molecule has 15 heavy (non-hydrogen) atoms. The minimum absolute atomic E-state index is 0.0249. The SMILES string of the molecule is CSC(C)C(=O)NCCc1ccc(Cl)s1. The summed E-state index contributed by atoms with van der Waals surface area (Å²) >= 11 is 8.92. The van der Waals surface area contributed by atoms with Gasteiger partial charge in [-0.3, -0.25) is 4.79 Å². The van der Waals surface area contributed by atoms with E-state index in [-0.39, 0.29) is 11.2 Å². The van der Waals surface area contributed by atoms with E-state index >= 15 is 0 Å². The summed E-state index contributed by atoms with van der Waals surface area (Å²) in [5.74, 6) is 0.102. The van der Waals surface area contributed by atoms with E-state index in [1.165, 1.54) is 4.88 Å². The highest BCUT2D eigenvalue weighted by Crippen LogP contribution is 2.21. The molecular formula is C10H14ClNOS2. The number of hydrogen-bond donors (Lipinski definition) is 1. The molecule has 0 saturated carbocycles. The van der Waals surface area contributed by atoms with Crippen LogP contribution in [-0.4, -0.2) is 24.0 Å². The molecule has 0 spiro atoms. The summed E-state index contributed by atoms with van der Waals surface area (Å²) in [7, 11) is 0. The van der Waals surface area contributed by atoms with Gasteiger partial charge in [-0.25, -0.2) is 0 Å². The third kappa shape index (κ3) is 4.45. The van der Waals surface area contributed by atoms with Crippen LogP contribution in [0.1, 0.15) is 11.8 Å². The molecular weight excluding hydrogens is 250 g/mol. The molecule has 0 fully saturated rings. The van der Waals surface area contributed by atoms with Crippen molar-refractivity contribution in [1.82, 2.24) is 5.32 Å². The minimum atomic E-state index is 0.0249. The molecule has 0 radical (unpaired) electrons. The maximum absolute atomic E-state index is 11.4. The number of halogens is 1. The van der Waals surface area contributed by atoms with Gasteiger partial charge < -0.3 is 5.32 Å². The van der Waals surface area contributed by atoms with Crippen LogP contribution in [0.25, 0.3) is 0 Å². The van der Waals surface area contributed by atoms with Crippen LogP contribution in [0.3, 0.4) is 0 Å². The number of nitrogens with one attached hydrogen (secondary N) is 1. The zero-order valence-corrected chi connectivity index (χ0v) is 11.1. The van der Waals surface area contributed by atoms with E-state index in [1.807, 2.05) is 25.3 Å². The van der Waals surface area contributed by atoms with Crippen LogP contribution >= 0.6 is 34.7 Å². The Labute approximate surface area is 103 Å². The van der Waals surface area contributed by atoms with Gasteiger partial charge in [0.25, 0.3) is 0 Å². The molecule has 0 saturated heterocycles. The Bertz CT molecular complexity index is 327. The Morgan fingerprint density at radius 3 is 2.93 bits per heavy atom. The maximum Gasteiger partial charge on any atom is 0.232 e. The van der Waals surface area contributed by atoms with Crippen molar-refractivity contribution >= 4 is 40.6 Å². The Hall–Kier alpha value is -0.190. The molecule has 1 rings (SSSR count). The molecule has 0 bridgehead atoms. The van der Waals surface area contributed by atoms with Crippen molar-refractivity contribution in [2.75, 3.05) is 12.8 Å². The Kier molecular flexibility index (Phi) is 5.50. The van der Waals surface area contributed by atoms with Gasteiger partial charge >= 0.3 is 0 Å². The molecule has 0 aromatic carbocycles. The number of hydrogen-bond acceptors (Lipinski definition) is 3. The summed E-state index contributed by atoms with van der Waals surface area (Å²) in [5.41, 5.74) is 0. The fourth-order valence-electron chi connectivity index (χ4n) is 1.05. The van der Waals surface area contributed by atoms with Crippen LogP contribution in [0, 0.1) is 0 Å². The van der Waals surface area contributed by atoms with E-state index in [4.69, 9.17) is 11.6 Å². The standard InChI is InChI=1S/C10H14ClNOS2/c1-7(14-2)10(13)12-6-5-8-3-4-9(11)15-8/h3-4,7H,5-6H2,1-2H3,(H,12,13). The molecule has 1 amide bonds. The Morgan fingerprint density at radius 1 is 1.67 bits per heavy atom. The topological polar surface area (TPSA) is 29.1 Å². The highest BCUT2D eigenvalue weighted by Gasteiger charge is 2.09. The van der Waals surface area contributed by atoms with Crippen LogP contribution in [0.15, 0.2) is 12.1 Å². The van der Waals surface area contributed by atoms with Crippen molar-refractivity contribution in [2.45, 2.75) is 18.6 Å². The summed E-state index contributed by atoms with van der Waals surface area (Å²) in [6, 6.07) is 3.88. The summed E-state index contributed by atoms with van der Waals surface area (Å²) in [4.78, 5) is 12.6. The van der Waals surface area contributed by atoms with Gasteiger partial charge in [-0.15, -0.1) is 11.3 Å². The summed E-state index contributed by atoms with van der Waals surface area (Å²) in [6.07, 6.45) is 2.79. The number of amides is 1. The average Bonchev–Trinajstić information content (AvgIpc) is 2.63. The van der Waals surface area contributed by atoms with Gasteiger partial charge in [-0.2, -0.15) is 11.8 Å². The summed E-state index contributed by atoms with van der Waals surface area (Å²) in [5, 5.41) is 2.92. The number of carbonyl (C=O) groups excluding carboxylic acids is 1. The molecule has 1 unspecified atom stereocenters. The molecule has 84 valence electrons. The Balaban J connectivity index is 2.24. The summed E-state index contributed by atoms with van der Waals surface area (Å²) in [6.45, 7) is 2.59. The molecule has 1 atom stereocenters. The number of thiophene rings is 1. The van der Waals surface area contributed by atoms with Crippen molar-refractivity contribution in [3.8, 4) is 0 Å². The van der Waals surface area contributed by atoms with Gasteiger partial charge in [0, 0.05) is 11.4 Å². The van der Waals surface area contributed by atoms with E-state index in [0.717, 1.165) is 10.8 Å². The molecule has 1 N–H and O–H groups in total. The number of carbonyl (C=O) groups is 1. The maximum atomic E-state index is 11.4. The highest BCUT2D eigenvalue weighted by atomic mass is 35.5. The zero-order chi connectivity index (χ0) is 11.3. The van der Waals surface area contributed by atoms with Gasteiger partial charge in [0.15, 0.2) is 0 Å². The fraction of sp³-hybridized carbons (Fsp3) is 0.500. The van der Waals surface area contributed by atoms with E-state index in [9.17, 15) is 4.79 Å². The van der Waals surface area contributed by atoms with Gasteiger partial charge in [0.05, 0.1) is 9.59 Å². The second kappa shape index (κ2) is 6.40. The predicted octanol–water partition coefficient (Wildman–Crippen LogP) is 2.81. The van der Waals surface area contributed by atoms with Gasteiger partial charge in [-0.1, -0.05) is 11.6 Å². The molecule has 0 aliphatic heterocycles.